The summed E-state index contributed by atoms with van der Waals surface area (Å²) in [6, 6.07) is 3.11. The maximum absolute atomic E-state index is 14.4. The lowest BCUT2D eigenvalue weighted by Crippen LogP contribution is -2.30. The highest BCUT2D eigenvalue weighted by atomic mass is 35.5. The van der Waals surface area contributed by atoms with E-state index in [-0.39, 0.29) is 53.5 Å². The molecule has 0 saturated heterocycles. The number of ether oxygens (including phenoxy) is 2. The third-order valence-corrected chi connectivity index (χ3v) is 5.07. The minimum Gasteiger partial charge on any atom is -0.508 e. The van der Waals surface area contributed by atoms with Crippen molar-refractivity contribution in [2.75, 3.05) is 11.9 Å². The average Bonchev–Trinajstić information content (AvgIpc) is 2.72. The summed E-state index contributed by atoms with van der Waals surface area (Å²) in [5, 5.41) is 21.2. The van der Waals surface area contributed by atoms with Gasteiger partial charge in [-0.3, -0.25) is 4.79 Å². The summed E-state index contributed by atoms with van der Waals surface area (Å²) < 4.78 is 24.8. The van der Waals surface area contributed by atoms with Crippen LogP contribution in [-0.2, 0) is 14.3 Å². The molecule has 2 aromatic rings. The van der Waals surface area contributed by atoms with Crippen LogP contribution in [0.1, 0.15) is 45.1 Å². The number of aliphatic carboxylic acids is 1. The van der Waals surface area contributed by atoms with Crippen molar-refractivity contribution >= 4 is 41.0 Å². The monoisotopic (exact) mass is 488 g/mol. The van der Waals surface area contributed by atoms with Crippen molar-refractivity contribution in [1.82, 2.24) is 4.98 Å². The van der Waals surface area contributed by atoms with Crippen LogP contribution >= 0.6 is 23.2 Å². The van der Waals surface area contributed by atoms with Crippen LogP contribution in [0.5, 0.6) is 17.2 Å². The quantitative estimate of drug-likeness (QED) is 0.302. The fourth-order valence-electron chi connectivity index (χ4n) is 2.77. The minimum absolute atomic E-state index is 0.0216. The third-order valence-electron chi connectivity index (χ3n) is 4.39. The number of aromatic hydroxyl groups is 1. The van der Waals surface area contributed by atoms with E-state index >= 15 is 0 Å². The molecule has 11 heteroatoms. The molecule has 0 bridgehead atoms. The largest absolute Gasteiger partial charge is 0.508 e. The number of nitrogens with zero attached hydrogens (tertiary/aromatic N) is 1. The molecule has 2 rings (SSSR count). The molecule has 174 valence electrons. The van der Waals surface area contributed by atoms with Crippen molar-refractivity contribution in [3.8, 4) is 17.2 Å². The number of carboxylic acids is 1. The molecule has 0 aliphatic rings. The highest BCUT2D eigenvalue weighted by Gasteiger charge is 2.25. The summed E-state index contributed by atoms with van der Waals surface area (Å²) in [7, 11) is 0. The molecular formula is C21H23Cl2FN2O6. The molecule has 32 heavy (non-hydrogen) atoms. The second kappa shape index (κ2) is 11.2. The van der Waals surface area contributed by atoms with Crippen molar-refractivity contribution < 1.29 is 33.7 Å². The van der Waals surface area contributed by atoms with Crippen LogP contribution in [0.4, 0.5) is 10.2 Å². The lowest BCUT2D eigenvalue weighted by Gasteiger charge is -2.18. The van der Waals surface area contributed by atoms with Gasteiger partial charge in [0.1, 0.15) is 27.6 Å². The fourth-order valence-corrected chi connectivity index (χ4v) is 3.23. The second-order valence-electron chi connectivity index (χ2n) is 7.06. The normalized spacial score (nSPS) is 11.8. The SMILES string of the molecule is CCOC(=O)CCC(Nc1nc(F)c(Cl)c(Oc2ccc(O)c(C(C)C)c2)c1Cl)C(=O)O. The molecule has 0 saturated carbocycles. The van der Waals surface area contributed by atoms with Crippen molar-refractivity contribution in [3.05, 3.63) is 39.8 Å². The standard InChI is InChI=1S/C21H23Cl2FN2O6/c1-4-31-15(28)8-6-13(21(29)30)25-20-17(23)18(16(22)19(24)26-20)32-11-5-7-14(27)12(9-11)10(2)3/h5,7,9-10,13,27H,4,6,8H2,1-3H3,(H,25,26)(H,29,30). The number of phenols is 1. The van der Waals surface area contributed by atoms with E-state index in [1.807, 2.05) is 13.8 Å². The van der Waals surface area contributed by atoms with Crippen LogP contribution in [0, 0.1) is 5.95 Å². The number of carbonyl (C=O) groups is 2. The number of esters is 1. The lowest BCUT2D eigenvalue weighted by atomic mass is 10.0. The molecule has 1 unspecified atom stereocenters. The first-order valence-corrected chi connectivity index (χ1v) is 10.5. The van der Waals surface area contributed by atoms with Crippen LogP contribution in [0.15, 0.2) is 18.2 Å². The number of nitrogens with one attached hydrogen (secondary N) is 1. The van der Waals surface area contributed by atoms with Gasteiger partial charge in [-0.05, 0) is 37.5 Å². The Morgan fingerprint density at radius 2 is 1.94 bits per heavy atom. The van der Waals surface area contributed by atoms with Crippen molar-refractivity contribution in [2.45, 2.75) is 45.6 Å². The van der Waals surface area contributed by atoms with Gasteiger partial charge in [0, 0.05) is 12.0 Å². The van der Waals surface area contributed by atoms with Crippen LogP contribution < -0.4 is 10.1 Å². The zero-order valence-electron chi connectivity index (χ0n) is 17.6. The number of hydrogen-bond acceptors (Lipinski definition) is 7. The van der Waals surface area contributed by atoms with Gasteiger partial charge in [-0.15, -0.1) is 0 Å². The van der Waals surface area contributed by atoms with Gasteiger partial charge in [-0.2, -0.15) is 9.37 Å². The van der Waals surface area contributed by atoms with E-state index < -0.39 is 29.0 Å². The van der Waals surface area contributed by atoms with Gasteiger partial charge in [-0.1, -0.05) is 37.0 Å². The Bertz CT molecular complexity index is 1000. The van der Waals surface area contributed by atoms with E-state index in [1.54, 1.807) is 13.0 Å². The first-order valence-electron chi connectivity index (χ1n) is 9.75. The van der Waals surface area contributed by atoms with E-state index in [1.165, 1.54) is 12.1 Å². The summed E-state index contributed by atoms with van der Waals surface area (Å²) in [5.74, 6) is -3.33. The smallest absolute Gasteiger partial charge is 0.326 e. The summed E-state index contributed by atoms with van der Waals surface area (Å²) in [4.78, 5) is 26.7. The predicted octanol–water partition coefficient (Wildman–Crippen LogP) is 5.36. The number of anilines is 1. The van der Waals surface area contributed by atoms with Crippen LogP contribution in [0.25, 0.3) is 0 Å². The van der Waals surface area contributed by atoms with Gasteiger partial charge in [0.25, 0.3) is 0 Å². The number of pyridine rings is 1. The first kappa shape index (κ1) is 25.5. The molecule has 0 amide bonds. The number of aromatic nitrogens is 1. The van der Waals surface area contributed by atoms with Crippen molar-refractivity contribution in [2.24, 2.45) is 0 Å². The summed E-state index contributed by atoms with van der Waals surface area (Å²) in [6.45, 7) is 5.53. The molecule has 1 heterocycles. The zero-order valence-corrected chi connectivity index (χ0v) is 19.1. The topological polar surface area (TPSA) is 118 Å². The molecule has 8 nitrogen and oxygen atoms in total. The molecule has 0 fully saturated rings. The van der Waals surface area contributed by atoms with E-state index in [0.717, 1.165) is 0 Å². The molecule has 0 radical (unpaired) electrons. The molecule has 0 aliphatic carbocycles. The Labute approximate surface area is 194 Å². The first-order chi connectivity index (χ1) is 15.0. The van der Waals surface area contributed by atoms with Gasteiger partial charge in [0.05, 0.1) is 6.61 Å². The van der Waals surface area contributed by atoms with Crippen LogP contribution in [-0.4, -0.2) is 39.8 Å². The van der Waals surface area contributed by atoms with Gasteiger partial charge in [-0.25, -0.2) is 4.79 Å². The van der Waals surface area contributed by atoms with Gasteiger partial charge < -0.3 is 25.0 Å². The highest BCUT2D eigenvalue weighted by molar-refractivity contribution is 6.38. The van der Waals surface area contributed by atoms with Crippen molar-refractivity contribution in [3.63, 3.8) is 0 Å². The average molecular weight is 489 g/mol. The summed E-state index contributed by atoms with van der Waals surface area (Å²) in [5.41, 5.74) is 0.590. The number of hydrogen-bond donors (Lipinski definition) is 3. The Morgan fingerprint density at radius 1 is 1.25 bits per heavy atom. The number of halogens is 3. The number of carboxylic acid groups (broad SMARTS) is 1. The van der Waals surface area contributed by atoms with E-state index in [0.29, 0.717) is 5.56 Å². The van der Waals surface area contributed by atoms with Gasteiger partial charge >= 0.3 is 11.9 Å². The summed E-state index contributed by atoms with van der Waals surface area (Å²) >= 11 is 12.3. The Balaban J connectivity index is 2.34. The van der Waals surface area contributed by atoms with Crippen molar-refractivity contribution in [1.29, 1.82) is 0 Å². The minimum atomic E-state index is -1.31. The Kier molecular flexibility index (Phi) is 8.91. The fraction of sp³-hybridized carbons (Fsp3) is 0.381. The number of rotatable bonds is 10. The molecular weight excluding hydrogens is 466 g/mol. The Morgan fingerprint density at radius 3 is 2.53 bits per heavy atom. The second-order valence-corrected chi connectivity index (χ2v) is 7.82. The van der Waals surface area contributed by atoms with E-state index in [9.17, 15) is 24.2 Å². The Hall–Kier alpha value is -2.78. The molecule has 1 atom stereocenters. The highest BCUT2D eigenvalue weighted by Crippen LogP contribution is 2.42. The molecule has 1 aromatic carbocycles. The van der Waals surface area contributed by atoms with Crippen LogP contribution in [0.2, 0.25) is 10.0 Å². The predicted molar refractivity (Wildman–Crippen MR) is 117 cm³/mol. The number of benzene rings is 1. The molecule has 0 aliphatic heterocycles. The van der Waals surface area contributed by atoms with Gasteiger partial charge in [0.2, 0.25) is 5.95 Å². The van der Waals surface area contributed by atoms with Crippen LogP contribution in [0.3, 0.4) is 0 Å². The molecule has 1 aromatic heterocycles. The summed E-state index contributed by atoms with van der Waals surface area (Å²) in [6.07, 6.45) is -0.331. The van der Waals surface area contributed by atoms with E-state index in [4.69, 9.17) is 32.7 Å². The molecule has 3 N–H and O–H groups in total. The maximum Gasteiger partial charge on any atom is 0.326 e. The maximum atomic E-state index is 14.4. The number of phenolic OH excluding ortho intramolecular Hbond substituents is 1. The lowest BCUT2D eigenvalue weighted by molar-refractivity contribution is -0.143. The van der Waals surface area contributed by atoms with Gasteiger partial charge in [0.15, 0.2) is 11.6 Å². The third kappa shape index (κ3) is 6.37. The van der Waals surface area contributed by atoms with E-state index in [2.05, 4.69) is 10.3 Å². The number of carbonyl (C=O) groups excluding carboxylic acids is 1. The molecule has 0 spiro atoms. The zero-order chi connectivity index (χ0) is 24.0.